The molecule has 0 saturated heterocycles. The highest BCUT2D eigenvalue weighted by atomic mass is 35.5. The number of nitrogens with one attached hydrogen (secondary N) is 1. The molecule has 0 aliphatic carbocycles. The number of anilines is 1. The molecule has 1 aliphatic rings. The van der Waals surface area contributed by atoms with Crippen LogP contribution >= 0.6 is 12.4 Å². The molecule has 1 atom stereocenters. The number of rotatable bonds is 6. The van der Waals surface area contributed by atoms with E-state index in [1.54, 1.807) is 48.5 Å². The Morgan fingerprint density at radius 1 is 1.06 bits per heavy atom. The third-order valence-electron chi connectivity index (χ3n) is 5.46. The predicted molar refractivity (Wildman–Crippen MR) is 132 cm³/mol. The maximum Gasteiger partial charge on any atom is 0.417 e. The molecule has 0 unspecified atom stereocenters. The Morgan fingerprint density at radius 2 is 1.72 bits per heavy atom. The number of hydrogen-bond donors (Lipinski definition) is 2. The van der Waals surface area contributed by atoms with Gasteiger partial charge in [-0.05, 0) is 54.0 Å². The zero-order chi connectivity index (χ0) is 25.2. The van der Waals surface area contributed by atoms with Crippen LogP contribution in [-0.4, -0.2) is 25.0 Å². The monoisotopic (exact) mass is 518 g/mol. The molecule has 188 valence electrons. The Balaban J connectivity index is 0.00000361. The van der Waals surface area contributed by atoms with E-state index in [1.807, 2.05) is 0 Å². The van der Waals surface area contributed by atoms with E-state index < -0.39 is 29.7 Å². The topological polar surface area (TPSA) is 90.7 Å². The smallest absolute Gasteiger partial charge is 0.417 e. The summed E-state index contributed by atoms with van der Waals surface area (Å²) in [4.78, 5) is 23.8. The molecule has 36 heavy (non-hydrogen) atoms. The lowest BCUT2D eigenvalue weighted by Crippen LogP contribution is -2.33. The summed E-state index contributed by atoms with van der Waals surface area (Å²) in [5, 5.41) is 2.65. The second-order valence-corrected chi connectivity index (χ2v) is 7.88. The molecule has 3 aromatic rings. The summed E-state index contributed by atoms with van der Waals surface area (Å²) < 4.78 is 51.8. The van der Waals surface area contributed by atoms with Gasteiger partial charge in [-0.25, -0.2) is 0 Å². The first kappa shape index (κ1) is 26.8. The van der Waals surface area contributed by atoms with E-state index in [0.29, 0.717) is 17.0 Å². The van der Waals surface area contributed by atoms with Gasteiger partial charge in [-0.1, -0.05) is 36.4 Å². The van der Waals surface area contributed by atoms with Crippen LogP contribution in [0.5, 0.6) is 11.5 Å². The minimum atomic E-state index is -4.67. The van der Waals surface area contributed by atoms with Gasteiger partial charge in [-0.15, -0.1) is 12.4 Å². The van der Waals surface area contributed by atoms with Crippen molar-refractivity contribution in [2.45, 2.75) is 18.6 Å². The summed E-state index contributed by atoms with van der Waals surface area (Å²) in [7, 11) is 1.25. The molecule has 0 aromatic heterocycles. The molecule has 0 spiro atoms. The van der Waals surface area contributed by atoms with Crippen molar-refractivity contribution in [2.75, 3.05) is 12.4 Å². The highest BCUT2D eigenvalue weighted by molar-refractivity contribution is 6.34. The zero-order valence-electron chi connectivity index (χ0n) is 19.0. The third kappa shape index (κ3) is 5.87. The van der Waals surface area contributed by atoms with E-state index in [1.165, 1.54) is 25.3 Å². The fourth-order valence-corrected chi connectivity index (χ4v) is 3.73. The summed E-state index contributed by atoms with van der Waals surface area (Å²) in [6, 6.07) is 16.0. The van der Waals surface area contributed by atoms with Crippen LogP contribution < -0.4 is 15.8 Å². The van der Waals surface area contributed by atoms with E-state index in [0.717, 1.165) is 11.6 Å². The van der Waals surface area contributed by atoms with Gasteiger partial charge in [-0.2, -0.15) is 13.2 Å². The number of nitrogens with two attached hydrogens (primary N) is 1. The maximum atomic E-state index is 13.9. The lowest BCUT2D eigenvalue weighted by atomic mass is 10.00. The van der Waals surface area contributed by atoms with E-state index >= 15 is 0 Å². The number of fused-ring (bicyclic) bond motifs is 1. The van der Waals surface area contributed by atoms with Gasteiger partial charge in [0, 0.05) is 16.8 Å². The molecule has 6 nitrogen and oxygen atoms in total. The molecule has 10 heteroatoms. The van der Waals surface area contributed by atoms with Gasteiger partial charge in [0.15, 0.2) is 0 Å². The highest BCUT2D eigenvalue weighted by Crippen LogP contribution is 2.39. The third-order valence-corrected chi connectivity index (χ3v) is 5.46. The number of hydrogen-bond acceptors (Lipinski definition) is 5. The molecule has 4 rings (SSSR count). The first-order valence-corrected chi connectivity index (χ1v) is 10.6. The average molecular weight is 519 g/mol. The van der Waals surface area contributed by atoms with Crippen molar-refractivity contribution in [3.05, 3.63) is 89.0 Å². The fraction of sp³-hybridized carbons (Fsp3) is 0.154. The molecular formula is C26H22ClF3N2O4. The number of methoxy groups -OCH3 is 1. The molecule has 3 N–H and O–H groups in total. The quantitative estimate of drug-likeness (QED) is 0.334. The molecule has 0 fully saturated rings. The van der Waals surface area contributed by atoms with Crippen molar-refractivity contribution >= 4 is 41.6 Å². The minimum absolute atomic E-state index is 0. The lowest BCUT2D eigenvalue weighted by molar-refractivity contribution is -0.142. The number of halogens is 4. The Labute approximate surface area is 211 Å². The van der Waals surface area contributed by atoms with Gasteiger partial charge >= 0.3 is 12.1 Å². The minimum Gasteiger partial charge on any atom is -0.468 e. The van der Waals surface area contributed by atoms with E-state index in [9.17, 15) is 22.8 Å². The number of carbonyl (C=O) groups is 2. The van der Waals surface area contributed by atoms with E-state index in [2.05, 4.69) is 10.1 Å². The maximum absolute atomic E-state index is 13.9. The van der Waals surface area contributed by atoms with Crippen LogP contribution in [0.2, 0.25) is 0 Å². The number of para-hydroxylation sites is 1. The van der Waals surface area contributed by atoms with Crippen molar-refractivity contribution in [3.63, 3.8) is 0 Å². The fourth-order valence-electron chi connectivity index (χ4n) is 3.73. The van der Waals surface area contributed by atoms with Crippen LogP contribution in [0.1, 0.15) is 22.3 Å². The number of ether oxygens (including phenoxy) is 2. The summed E-state index contributed by atoms with van der Waals surface area (Å²) in [5.41, 5.74) is 6.64. The van der Waals surface area contributed by atoms with Crippen molar-refractivity contribution in [2.24, 2.45) is 5.73 Å². The molecule has 0 radical (unpaired) electrons. The van der Waals surface area contributed by atoms with Crippen molar-refractivity contribution in [1.29, 1.82) is 0 Å². The van der Waals surface area contributed by atoms with E-state index in [4.69, 9.17) is 10.5 Å². The number of alkyl halides is 3. The van der Waals surface area contributed by atoms with Crippen LogP contribution in [0.3, 0.4) is 0 Å². The van der Waals surface area contributed by atoms with Gasteiger partial charge in [0.05, 0.1) is 12.7 Å². The second kappa shape index (κ2) is 10.8. The van der Waals surface area contributed by atoms with Crippen molar-refractivity contribution in [1.82, 2.24) is 0 Å². The normalized spacial score (nSPS) is 14.5. The summed E-state index contributed by atoms with van der Waals surface area (Å²) in [6.07, 6.45) is -3.20. The Bertz CT molecular complexity index is 1310. The standard InChI is InChI=1S/C26H21F3N2O4.ClH/c1-34-25(33)22(30)12-15-6-9-17(10-7-15)35-18-11-8-16(21(14-18)26(27,28)29)13-20-19-4-2-3-5-23(19)31-24(20)32;/h2-11,13-14,22H,12,30H2,1H3,(H,31,32);1H/b20-13+;/t22-;/m1./s1. The Hall–Kier alpha value is -3.82. The van der Waals surface area contributed by atoms with Gasteiger partial charge in [0.1, 0.15) is 17.5 Å². The largest absolute Gasteiger partial charge is 0.468 e. The molecule has 0 bridgehead atoms. The molecular weight excluding hydrogens is 497 g/mol. The summed E-state index contributed by atoms with van der Waals surface area (Å²) in [6.45, 7) is 0. The molecule has 1 amide bonds. The van der Waals surface area contributed by atoms with Crippen LogP contribution in [0.15, 0.2) is 66.7 Å². The number of esters is 1. The molecule has 3 aromatic carbocycles. The highest BCUT2D eigenvalue weighted by Gasteiger charge is 2.34. The number of amides is 1. The zero-order valence-corrected chi connectivity index (χ0v) is 19.8. The van der Waals surface area contributed by atoms with Gasteiger partial charge in [0.25, 0.3) is 5.91 Å². The number of carbonyl (C=O) groups excluding carboxylic acids is 2. The lowest BCUT2D eigenvalue weighted by Gasteiger charge is -2.14. The molecule has 0 saturated carbocycles. The Kier molecular flexibility index (Phi) is 8.07. The second-order valence-electron chi connectivity index (χ2n) is 7.88. The first-order valence-electron chi connectivity index (χ1n) is 10.6. The van der Waals surface area contributed by atoms with Gasteiger partial charge in [0.2, 0.25) is 0 Å². The van der Waals surface area contributed by atoms with Crippen LogP contribution in [-0.2, 0) is 26.9 Å². The van der Waals surface area contributed by atoms with Crippen LogP contribution in [0.25, 0.3) is 11.6 Å². The van der Waals surface area contributed by atoms with Gasteiger partial charge in [-0.3, -0.25) is 9.59 Å². The first-order chi connectivity index (χ1) is 16.7. The SMILES string of the molecule is COC(=O)[C@H](N)Cc1ccc(Oc2ccc(/C=C3/C(=O)Nc4ccccc43)c(C(F)(F)F)c2)cc1.Cl. The van der Waals surface area contributed by atoms with Crippen molar-refractivity contribution < 1.29 is 32.2 Å². The van der Waals surface area contributed by atoms with Gasteiger partial charge < -0.3 is 20.5 Å². The predicted octanol–water partition coefficient (Wildman–Crippen LogP) is 5.46. The summed E-state index contributed by atoms with van der Waals surface area (Å²) in [5.74, 6) is -0.719. The summed E-state index contributed by atoms with van der Waals surface area (Å²) >= 11 is 0. The number of benzene rings is 3. The van der Waals surface area contributed by atoms with Crippen molar-refractivity contribution in [3.8, 4) is 11.5 Å². The van der Waals surface area contributed by atoms with Crippen LogP contribution in [0, 0.1) is 0 Å². The average Bonchev–Trinajstić information content (AvgIpc) is 3.14. The van der Waals surface area contributed by atoms with E-state index in [-0.39, 0.29) is 35.7 Å². The van der Waals surface area contributed by atoms with Crippen LogP contribution in [0.4, 0.5) is 18.9 Å². The Morgan fingerprint density at radius 3 is 2.39 bits per heavy atom. The molecule has 1 aliphatic heterocycles. The molecule has 1 heterocycles.